The van der Waals surface area contributed by atoms with Crippen LogP contribution >= 0.6 is 0 Å². The van der Waals surface area contributed by atoms with Crippen molar-refractivity contribution in [2.75, 3.05) is 44.4 Å². The van der Waals surface area contributed by atoms with Crippen molar-refractivity contribution in [1.82, 2.24) is 14.9 Å². The van der Waals surface area contributed by atoms with E-state index in [1.54, 1.807) is 4.90 Å². The molecule has 0 saturated carbocycles. The average Bonchev–Trinajstić information content (AvgIpc) is 2.71. The molecule has 31 heavy (non-hydrogen) atoms. The Morgan fingerprint density at radius 2 is 1.77 bits per heavy atom. The molecular weight excluding hydrogens is 441 g/mol. The number of halogens is 3. The summed E-state index contributed by atoms with van der Waals surface area (Å²) in [6.45, 7) is 0.817. The maximum Gasteiger partial charge on any atom is 0.419 e. The molecule has 1 amide bonds. The van der Waals surface area contributed by atoms with Gasteiger partial charge in [0.05, 0.1) is 18.4 Å². The van der Waals surface area contributed by atoms with E-state index in [0.29, 0.717) is 0 Å². The first-order valence-corrected chi connectivity index (χ1v) is 10.9. The number of aromatic nitrogens is 2. The lowest BCUT2D eigenvalue weighted by molar-refractivity contribution is -0.138. The maximum absolute atomic E-state index is 13.4. The fourth-order valence-corrected chi connectivity index (χ4v) is 3.63. The summed E-state index contributed by atoms with van der Waals surface area (Å²) < 4.78 is 69.2. The highest BCUT2D eigenvalue weighted by atomic mass is 32.2. The molecule has 1 aromatic heterocycles. The molecule has 1 N–H and O–H groups in total. The molecule has 0 unspecified atom stereocenters. The number of carboxylic acid groups (broad SMARTS) is 1. The van der Waals surface area contributed by atoms with Gasteiger partial charge in [-0.3, -0.25) is 0 Å². The van der Waals surface area contributed by atoms with Crippen LogP contribution in [-0.2, 0) is 16.0 Å². The number of benzene rings is 1. The number of sulfone groups is 1. The fraction of sp³-hybridized carbons (Fsp3) is 0.389. The third-order valence-corrected chi connectivity index (χ3v) is 5.54. The van der Waals surface area contributed by atoms with Gasteiger partial charge >= 0.3 is 12.3 Å². The van der Waals surface area contributed by atoms with E-state index in [9.17, 15) is 26.4 Å². The van der Waals surface area contributed by atoms with Gasteiger partial charge in [-0.1, -0.05) is 0 Å². The molecule has 1 aliphatic heterocycles. The largest absolute Gasteiger partial charge is 0.496 e. The van der Waals surface area contributed by atoms with Gasteiger partial charge in [0.15, 0.2) is 0 Å². The van der Waals surface area contributed by atoms with Crippen LogP contribution in [0.1, 0.15) is 5.56 Å². The Morgan fingerprint density at radius 3 is 2.29 bits per heavy atom. The van der Waals surface area contributed by atoms with Crippen LogP contribution in [0.2, 0.25) is 0 Å². The molecule has 168 valence electrons. The molecule has 0 bridgehead atoms. The zero-order valence-electron chi connectivity index (χ0n) is 16.5. The number of hydrogen-bond acceptors (Lipinski definition) is 7. The topological polar surface area (TPSA) is 113 Å². The lowest BCUT2D eigenvalue weighted by Crippen LogP contribution is -2.48. The monoisotopic (exact) mass is 460 g/mol. The summed E-state index contributed by atoms with van der Waals surface area (Å²) in [6.07, 6.45) is -4.87. The zero-order valence-corrected chi connectivity index (χ0v) is 17.4. The second-order valence-electron chi connectivity index (χ2n) is 6.84. The number of methoxy groups -OCH3 is 1. The number of nitrogens with zero attached hydrogens (tertiary/aromatic N) is 4. The highest BCUT2D eigenvalue weighted by molar-refractivity contribution is 7.90. The lowest BCUT2D eigenvalue weighted by Gasteiger charge is -2.34. The number of amides is 1. The van der Waals surface area contributed by atoms with Crippen molar-refractivity contribution in [3.05, 3.63) is 29.8 Å². The maximum atomic E-state index is 13.4. The Morgan fingerprint density at radius 1 is 1.13 bits per heavy atom. The van der Waals surface area contributed by atoms with Crippen molar-refractivity contribution in [2.45, 2.75) is 11.3 Å². The van der Waals surface area contributed by atoms with Crippen molar-refractivity contribution >= 4 is 21.7 Å². The summed E-state index contributed by atoms with van der Waals surface area (Å²) in [6, 6.07) is 4.69. The van der Waals surface area contributed by atoms with Crippen LogP contribution in [0, 0.1) is 0 Å². The summed E-state index contributed by atoms with van der Waals surface area (Å²) in [5, 5.41) is 8.54. The first kappa shape index (κ1) is 22.6. The number of ether oxygens (including phenoxy) is 1. The zero-order chi connectivity index (χ0) is 23.0. The number of anilines is 1. The SMILES string of the molecule is COc1ccc(-c2cc(N3CCN(C(=O)O)CC3)nc(S(C)(=O)=O)n2)cc1C(F)(F)F. The van der Waals surface area contributed by atoms with E-state index in [1.807, 2.05) is 0 Å². The van der Waals surface area contributed by atoms with Gasteiger partial charge in [-0.25, -0.2) is 23.2 Å². The molecular formula is C18H19F3N4O5S. The highest BCUT2D eigenvalue weighted by Crippen LogP contribution is 2.38. The molecule has 0 spiro atoms. The minimum atomic E-state index is -4.69. The van der Waals surface area contributed by atoms with Gasteiger partial charge in [0.2, 0.25) is 15.0 Å². The number of hydrogen-bond donors (Lipinski definition) is 1. The summed E-state index contributed by atoms with van der Waals surface area (Å²) in [5.74, 6) is -0.196. The molecule has 3 rings (SSSR count). The Labute approximate surface area is 176 Å². The highest BCUT2D eigenvalue weighted by Gasteiger charge is 2.35. The summed E-state index contributed by atoms with van der Waals surface area (Å²) in [4.78, 5) is 21.9. The van der Waals surface area contributed by atoms with E-state index < -0.39 is 32.8 Å². The number of carbonyl (C=O) groups is 1. The third kappa shape index (κ3) is 4.98. The number of alkyl halides is 3. The van der Waals surface area contributed by atoms with E-state index >= 15 is 0 Å². The molecule has 0 aliphatic carbocycles. The van der Waals surface area contributed by atoms with Gasteiger partial charge in [0.25, 0.3) is 0 Å². The minimum Gasteiger partial charge on any atom is -0.496 e. The predicted molar refractivity (Wildman–Crippen MR) is 104 cm³/mol. The third-order valence-electron chi connectivity index (χ3n) is 4.70. The van der Waals surface area contributed by atoms with Crippen molar-refractivity contribution in [3.63, 3.8) is 0 Å². The molecule has 2 heterocycles. The van der Waals surface area contributed by atoms with Gasteiger partial charge in [-0.2, -0.15) is 13.2 Å². The molecule has 1 fully saturated rings. The second-order valence-corrected chi connectivity index (χ2v) is 8.75. The molecule has 1 aromatic carbocycles. The van der Waals surface area contributed by atoms with Gasteiger partial charge in [0, 0.05) is 44.1 Å². The van der Waals surface area contributed by atoms with Gasteiger partial charge in [-0.15, -0.1) is 0 Å². The Balaban J connectivity index is 2.07. The second kappa shape index (κ2) is 8.21. The average molecular weight is 460 g/mol. The van der Waals surface area contributed by atoms with Crippen molar-refractivity contribution in [2.24, 2.45) is 0 Å². The number of piperazine rings is 1. The van der Waals surface area contributed by atoms with Gasteiger partial charge in [-0.05, 0) is 18.2 Å². The summed E-state index contributed by atoms with van der Waals surface area (Å²) >= 11 is 0. The Hall–Kier alpha value is -3.09. The van der Waals surface area contributed by atoms with Gasteiger partial charge in [0.1, 0.15) is 11.6 Å². The molecule has 9 nitrogen and oxygen atoms in total. The van der Waals surface area contributed by atoms with Crippen LogP contribution in [0.15, 0.2) is 29.4 Å². The summed E-state index contributed by atoms with van der Waals surface area (Å²) in [5.41, 5.74) is -1.01. The van der Waals surface area contributed by atoms with E-state index in [-0.39, 0.29) is 49.0 Å². The minimum absolute atomic E-state index is 0.0146. The standard InChI is InChI=1S/C18H19F3N4O5S/c1-30-14-4-3-11(9-12(14)18(19,20)21)13-10-15(23-16(22-13)31(2,28)29)24-5-7-25(8-6-24)17(26)27/h3-4,9-10H,5-8H2,1-2H3,(H,26,27). The van der Waals surface area contributed by atoms with Crippen LogP contribution in [-0.4, -0.2) is 74.0 Å². The Bertz CT molecular complexity index is 1100. The molecule has 1 saturated heterocycles. The molecule has 0 atom stereocenters. The molecule has 2 aromatic rings. The van der Waals surface area contributed by atoms with Crippen LogP contribution < -0.4 is 9.64 Å². The van der Waals surface area contributed by atoms with E-state index in [1.165, 1.54) is 17.0 Å². The first-order valence-electron chi connectivity index (χ1n) is 8.97. The van der Waals surface area contributed by atoms with Crippen LogP contribution in [0.25, 0.3) is 11.3 Å². The molecule has 1 aliphatic rings. The normalized spacial score (nSPS) is 15.1. The van der Waals surface area contributed by atoms with E-state index in [4.69, 9.17) is 9.84 Å². The fourth-order valence-electron chi connectivity index (χ4n) is 3.10. The smallest absolute Gasteiger partial charge is 0.419 e. The number of rotatable bonds is 4. The van der Waals surface area contributed by atoms with Crippen LogP contribution in [0.5, 0.6) is 5.75 Å². The quantitative estimate of drug-likeness (QED) is 0.692. The van der Waals surface area contributed by atoms with Crippen molar-refractivity contribution in [1.29, 1.82) is 0 Å². The van der Waals surface area contributed by atoms with E-state index in [2.05, 4.69) is 9.97 Å². The summed E-state index contributed by atoms with van der Waals surface area (Å²) in [7, 11) is -2.75. The van der Waals surface area contributed by atoms with Gasteiger partial charge < -0.3 is 19.6 Å². The van der Waals surface area contributed by atoms with Crippen LogP contribution in [0.3, 0.4) is 0 Å². The Kier molecular flexibility index (Phi) is 5.98. The van der Waals surface area contributed by atoms with Crippen LogP contribution in [0.4, 0.5) is 23.8 Å². The predicted octanol–water partition coefficient (Wildman–Crippen LogP) is 2.37. The lowest BCUT2D eigenvalue weighted by atomic mass is 10.1. The van der Waals surface area contributed by atoms with E-state index in [0.717, 1.165) is 25.5 Å². The first-order chi connectivity index (χ1) is 14.4. The van der Waals surface area contributed by atoms with Crippen molar-refractivity contribution in [3.8, 4) is 17.0 Å². The molecule has 13 heteroatoms. The molecule has 0 radical (unpaired) electrons. The van der Waals surface area contributed by atoms with Crippen molar-refractivity contribution < 1.29 is 36.2 Å².